The fraction of sp³-hybridized carbons (Fsp3) is 0.286. The summed E-state index contributed by atoms with van der Waals surface area (Å²) in [5, 5.41) is 5.57. The predicted octanol–water partition coefficient (Wildman–Crippen LogP) is 1.62. The second-order valence-electron chi connectivity index (χ2n) is 1.55. The molecule has 0 N–H and O–H groups in total. The molecule has 0 unspecified atom stereocenters. The minimum Gasteiger partial charge on any atom is -0.276 e. The number of allylic oxidation sites excluding steroid dienone is 2. The van der Waals surface area contributed by atoms with Crippen molar-refractivity contribution in [3.05, 3.63) is 24.9 Å². The van der Waals surface area contributed by atoms with E-state index in [2.05, 4.69) is 11.7 Å². The lowest BCUT2D eigenvalue weighted by Crippen LogP contribution is -1.98. The fourth-order valence-corrected chi connectivity index (χ4v) is 0.277. The van der Waals surface area contributed by atoms with Gasteiger partial charge in [0.15, 0.2) is 0 Å². The zero-order valence-electron chi connectivity index (χ0n) is 5.91. The second-order valence-corrected chi connectivity index (χ2v) is 1.55. The third kappa shape index (κ3) is 4.81. The van der Waals surface area contributed by atoms with E-state index in [0.717, 1.165) is 0 Å². The van der Waals surface area contributed by atoms with Crippen LogP contribution in [-0.4, -0.2) is 18.3 Å². The average Bonchev–Trinajstić information content (AvgIpc) is 1.89. The maximum atomic E-state index is 3.94. The van der Waals surface area contributed by atoms with Gasteiger partial charge in [-0.05, 0) is 13.0 Å². The van der Waals surface area contributed by atoms with E-state index in [-0.39, 0.29) is 0 Å². The van der Waals surface area contributed by atoms with Crippen molar-refractivity contribution in [2.24, 2.45) is 5.10 Å². The first-order valence-corrected chi connectivity index (χ1v) is 2.82. The summed E-state index contributed by atoms with van der Waals surface area (Å²) in [6, 6.07) is 0. The summed E-state index contributed by atoms with van der Waals surface area (Å²) >= 11 is 0. The lowest BCUT2D eigenvalue weighted by Gasteiger charge is -2.01. The highest BCUT2D eigenvalue weighted by molar-refractivity contribution is 5.70. The highest BCUT2D eigenvalue weighted by atomic mass is 15.4. The number of hydrazone groups is 1. The molecule has 9 heavy (non-hydrogen) atoms. The zero-order chi connectivity index (χ0) is 7.11. The molecule has 2 heteroatoms. The molecule has 0 amide bonds. The number of hydrogen-bond donors (Lipinski definition) is 0. The van der Waals surface area contributed by atoms with Crippen LogP contribution in [0, 0.1) is 0 Å². The van der Waals surface area contributed by atoms with Crippen LogP contribution in [0.1, 0.15) is 6.92 Å². The summed E-state index contributed by atoms with van der Waals surface area (Å²) in [4.78, 5) is 0. The van der Waals surface area contributed by atoms with Gasteiger partial charge in [0.2, 0.25) is 0 Å². The summed E-state index contributed by atoms with van der Waals surface area (Å²) in [6.07, 6.45) is 7.13. The SMILES string of the molecule is C=CN(C)/N=C\C=C/C. The topological polar surface area (TPSA) is 15.6 Å². The van der Waals surface area contributed by atoms with Gasteiger partial charge in [-0.1, -0.05) is 12.7 Å². The molecule has 0 aromatic carbocycles. The monoisotopic (exact) mass is 124 g/mol. The first kappa shape index (κ1) is 7.95. The van der Waals surface area contributed by atoms with Gasteiger partial charge in [0.1, 0.15) is 0 Å². The van der Waals surface area contributed by atoms with Crippen molar-refractivity contribution in [1.82, 2.24) is 5.01 Å². The molecule has 0 spiro atoms. The summed E-state index contributed by atoms with van der Waals surface area (Å²) in [7, 11) is 1.83. The molecule has 0 bridgehead atoms. The standard InChI is InChI=1S/C7H12N2/c1-4-6-7-8-9(3)5-2/h4-7H,2H2,1,3H3/b6-4-,8-7-. The third-order valence-corrected chi connectivity index (χ3v) is 0.792. The van der Waals surface area contributed by atoms with E-state index in [9.17, 15) is 0 Å². The first-order chi connectivity index (χ1) is 4.31. The summed E-state index contributed by atoms with van der Waals surface area (Å²) in [5.74, 6) is 0. The van der Waals surface area contributed by atoms with Gasteiger partial charge >= 0.3 is 0 Å². The molecule has 0 radical (unpaired) electrons. The Labute approximate surface area is 56.2 Å². The van der Waals surface area contributed by atoms with Crippen molar-refractivity contribution in [2.75, 3.05) is 7.05 Å². The molecule has 0 atom stereocenters. The van der Waals surface area contributed by atoms with Crippen LogP contribution in [0.2, 0.25) is 0 Å². The molecule has 2 nitrogen and oxygen atoms in total. The van der Waals surface area contributed by atoms with Gasteiger partial charge in [-0.3, -0.25) is 5.01 Å². The Hall–Kier alpha value is -1.05. The van der Waals surface area contributed by atoms with E-state index in [4.69, 9.17) is 0 Å². The Kier molecular flexibility index (Phi) is 4.50. The maximum absolute atomic E-state index is 3.94. The molecule has 0 aromatic rings. The Morgan fingerprint density at radius 1 is 1.56 bits per heavy atom. The van der Waals surface area contributed by atoms with Crippen molar-refractivity contribution in [2.45, 2.75) is 6.92 Å². The van der Waals surface area contributed by atoms with Gasteiger partial charge in [-0.2, -0.15) is 5.10 Å². The number of rotatable bonds is 3. The summed E-state index contributed by atoms with van der Waals surface area (Å²) in [5.41, 5.74) is 0. The van der Waals surface area contributed by atoms with Crippen molar-refractivity contribution in [3.8, 4) is 0 Å². The van der Waals surface area contributed by atoms with E-state index in [1.165, 1.54) is 0 Å². The van der Waals surface area contributed by atoms with Gasteiger partial charge < -0.3 is 0 Å². The summed E-state index contributed by atoms with van der Waals surface area (Å²) < 4.78 is 0. The molecular formula is C7H12N2. The highest BCUT2D eigenvalue weighted by Crippen LogP contribution is 1.79. The third-order valence-electron chi connectivity index (χ3n) is 0.792. The number of nitrogens with zero attached hydrogens (tertiary/aromatic N) is 2. The van der Waals surface area contributed by atoms with Crippen LogP contribution in [0.3, 0.4) is 0 Å². The normalized spacial score (nSPS) is 10.9. The van der Waals surface area contributed by atoms with Gasteiger partial charge in [0, 0.05) is 19.5 Å². The minimum atomic E-state index is 1.64. The van der Waals surface area contributed by atoms with Gasteiger partial charge in [0.25, 0.3) is 0 Å². The molecule has 50 valence electrons. The molecule has 0 saturated carbocycles. The van der Waals surface area contributed by atoms with E-state index >= 15 is 0 Å². The Morgan fingerprint density at radius 3 is 2.67 bits per heavy atom. The molecule has 0 saturated heterocycles. The average molecular weight is 124 g/mol. The molecule has 0 rings (SSSR count). The number of hydrogen-bond acceptors (Lipinski definition) is 2. The van der Waals surface area contributed by atoms with Crippen LogP contribution in [0.4, 0.5) is 0 Å². The van der Waals surface area contributed by atoms with Crippen LogP contribution < -0.4 is 0 Å². The smallest absolute Gasteiger partial charge is 0.0471 e. The van der Waals surface area contributed by atoms with E-state index in [1.807, 2.05) is 26.1 Å². The minimum absolute atomic E-state index is 1.64. The van der Waals surface area contributed by atoms with Crippen LogP contribution in [0.25, 0.3) is 0 Å². The highest BCUT2D eigenvalue weighted by Gasteiger charge is 1.73. The maximum Gasteiger partial charge on any atom is 0.0471 e. The molecule has 0 aliphatic rings. The zero-order valence-corrected chi connectivity index (χ0v) is 5.91. The van der Waals surface area contributed by atoms with E-state index in [0.29, 0.717) is 0 Å². The van der Waals surface area contributed by atoms with Gasteiger partial charge in [-0.15, -0.1) is 0 Å². The van der Waals surface area contributed by atoms with Crippen molar-refractivity contribution < 1.29 is 0 Å². The Bertz CT molecular complexity index is 125. The van der Waals surface area contributed by atoms with Crippen LogP contribution in [0.5, 0.6) is 0 Å². The first-order valence-electron chi connectivity index (χ1n) is 2.82. The molecule has 0 heterocycles. The van der Waals surface area contributed by atoms with Gasteiger partial charge in [0.05, 0.1) is 0 Å². The predicted molar refractivity (Wildman–Crippen MR) is 41.3 cm³/mol. The Morgan fingerprint density at radius 2 is 2.22 bits per heavy atom. The molecule has 0 aliphatic heterocycles. The lowest BCUT2D eigenvalue weighted by atomic mass is 10.6. The van der Waals surface area contributed by atoms with Crippen molar-refractivity contribution in [3.63, 3.8) is 0 Å². The second kappa shape index (κ2) is 5.09. The largest absolute Gasteiger partial charge is 0.276 e. The van der Waals surface area contributed by atoms with E-state index < -0.39 is 0 Å². The summed E-state index contributed by atoms with van der Waals surface area (Å²) in [6.45, 7) is 5.47. The quantitative estimate of drug-likeness (QED) is 0.412. The van der Waals surface area contributed by atoms with Crippen LogP contribution in [-0.2, 0) is 0 Å². The molecule has 0 aliphatic carbocycles. The van der Waals surface area contributed by atoms with Crippen molar-refractivity contribution >= 4 is 6.21 Å². The van der Waals surface area contributed by atoms with Crippen LogP contribution in [0.15, 0.2) is 30.0 Å². The molecule has 0 aromatic heterocycles. The van der Waals surface area contributed by atoms with Gasteiger partial charge in [-0.25, -0.2) is 0 Å². The van der Waals surface area contributed by atoms with E-state index in [1.54, 1.807) is 17.4 Å². The van der Waals surface area contributed by atoms with Crippen LogP contribution >= 0.6 is 0 Å². The molecule has 0 fully saturated rings. The molecular weight excluding hydrogens is 112 g/mol. The lowest BCUT2D eigenvalue weighted by molar-refractivity contribution is 0.495. The Balaban J connectivity index is 3.55. The fourth-order valence-electron chi connectivity index (χ4n) is 0.277. The van der Waals surface area contributed by atoms with Crippen molar-refractivity contribution in [1.29, 1.82) is 0 Å².